The number of ether oxygens (including phenoxy) is 1. The number of nitrogens with one attached hydrogen (secondary N) is 1. The summed E-state index contributed by atoms with van der Waals surface area (Å²) in [7, 11) is 0. The number of hydrogen-bond donors (Lipinski definition) is 1. The first-order chi connectivity index (χ1) is 17.3. The van der Waals surface area contributed by atoms with Crippen LogP contribution < -0.4 is 10.1 Å². The Bertz CT molecular complexity index is 1180. The van der Waals surface area contributed by atoms with E-state index in [1.54, 1.807) is 36.4 Å². The van der Waals surface area contributed by atoms with Crippen molar-refractivity contribution in [1.29, 1.82) is 0 Å². The number of benzene rings is 3. The van der Waals surface area contributed by atoms with Crippen LogP contribution >= 0.6 is 27.5 Å². The van der Waals surface area contributed by atoms with Gasteiger partial charge in [-0.15, -0.1) is 0 Å². The molecule has 8 heteroatoms. The molecule has 36 heavy (non-hydrogen) atoms. The van der Waals surface area contributed by atoms with Crippen molar-refractivity contribution in [2.75, 3.05) is 6.61 Å². The number of hydrogen-bond acceptors (Lipinski definition) is 3. The van der Waals surface area contributed by atoms with Gasteiger partial charge in [0.25, 0.3) is 5.91 Å². The summed E-state index contributed by atoms with van der Waals surface area (Å²) in [5.74, 6) is -0.882. The van der Waals surface area contributed by atoms with Crippen LogP contribution in [0.4, 0.5) is 4.39 Å². The molecule has 2 atom stereocenters. The van der Waals surface area contributed by atoms with Crippen molar-refractivity contribution < 1.29 is 18.7 Å². The summed E-state index contributed by atoms with van der Waals surface area (Å²) in [6.07, 6.45) is 0.999. The molecular formula is C28H29BrClFN2O3. The maximum absolute atomic E-state index is 14.6. The molecule has 3 rings (SSSR count). The first kappa shape index (κ1) is 27.7. The first-order valence-electron chi connectivity index (χ1n) is 11.7. The molecule has 0 radical (unpaired) electrons. The third-order valence-electron chi connectivity index (χ3n) is 5.82. The molecule has 0 saturated heterocycles. The van der Waals surface area contributed by atoms with Crippen LogP contribution in [-0.2, 0) is 22.6 Å². The van der Waals surface area contributed by atoms with E-state index in [1.807, 2.05) is 44.2 Å². The minimum Gasteiger partial charge on any atom is -0.482 e. The predicted molar refractivity (Wildman–Crippen MR) is 143 cm³/mol. The quantitative estimate of drug-likeness (QED) is 0.297. The van der Waals surface area contributed by atoms with Gasteiger partial charge in [-0.05, 0) is 43.2 Å². The van der Waals surface area contributed by atoms with Crippen molar-refractivity contribution >= 4 is 39.3 Å². The zero-order valence-corrected chi connectivity index (χ0v) is 22.6. The number of amides is 2. The van der Waals surface area contributed by atoms with Gasteiger partial charge in [0.05, 0.1) is 5.02 Å². The van der Waals surface area contributed by atoms with Gasteiger partial charge < -0.3 is 15.0 Å². The lowest BCUT2D eigenvalue weighted by molar-refractivity contribution is -0.143. The van der Waals surface area contributed by atoms with Gasteiger partial charge in [-0.1, -0.05) is 83.0 Å². The topological polar surface area (TPSA) is 58.6 Å². The van der Waals surface area contributed by atoms with E-state index in [4.69, 9.17) is 16.3 Å². The molecule has 3 aromatic carbocycles. The van der Waals surface area contributed by atoms with Crippen molar-refractivity contribution in [3.8, 4) is 5.75 Å². The molecule has 0 fully saturated rings. The highest BCUT2D eigenvalue weighted by molar-refractivity contribution is 9.10. The number of nitrogens with zero attached hydrogens (tertiary/aromatic N) is 1. The number of halogens is 3. The fourth-order valence-corrected chi connectivity index (χ4v) is 4.35. The zero-order valence-electron chi connectivity index (χ0n) is 20.2. The van der Waals surface area contributed by atoms with E-state index in [-0.39, 0.29) is 31.5 Å². The third-order valence-corrected chi connectivity index (χ3v) is 6.60. The number of carbonyl (C=O) groups excluding carboxylic acids is 2. The Hall–Kier alpha value is -2.90. The van der Waals surface area contributed by atoms with Crippen LogP contribution in [0.5, 0.6) is 5.75 Å². The highest BCUT2D eigenvalue weighted by atomic mass is 79.9. The first-order valence-corrected chi connectivity index (χ1v) is 12.9. The molecule has 1 N–H and O–H groups in total. The summed E-state index contributed by atoms with van der Waals surface area (Å²) in [6.45, 7) is 3.42. The van der Waals surface area contributed by atoms with Crippen LogP contribution in [-0.4, -0.2) is 35.4 Å². The van der Waals surface area contributed by atoms with Gasteiger partial charge in [-0.25, -0.2) is 4.39 Å². The molecule has 5 nitrogen and oxygen atoms in total. The van der Waals surface area contributed by atoms with Crippen LogP contribution in [0.2, 0.25) is 5.02 Å². The highest BCUT2D eigenvalue weighted by Crippen LogP contribution is 2.28. The maximum atomic E-state index is 14.6. The summed E-state index contributed by atoms with van der Waals surface area (Å²) in [5, 5.41) is 3.32. The lowest BCUT2D eigenvalue weighted by Crippen LogP contribution is -2.53. The predicted octanol–water partition coefficient (Wildman–Crippen LogP) is 6.18. The molecule has 0 saturated carbocycles. The molecule has 0 heterocycles. The number of rotatable bonds is 11. The standard InChI is InChI=1S/C28H29BrClFN2O3/c1-3-19(2)32-28(35)25(15-20-9-5-4-6-10-20)33(17-21-11-7-8-12-24(21)31)27(34)18-36-26-14-13-22(29)16-23(26)30/h4-14,16,19,25H,3,15,17-18H2,1-2H3,(H,32,35)/t19-,25-/m1/s1. The second-order valence-corrected chi connectivity index (χ2v) is 9.82. The fourth-order valence-electron chi connectivity index (χ4n) is 3.62. The minimum absolute atomic E-state index is 0.0843. The van der Waals surface area contributed by atoms with Crippen LogP contribution in [0.1, 0.15) is 31.4 Å². The number of carbonyl (C=O) groups is 2. The third kappa shape index (κ3) is 7.80. The molecule has 2 amide bonds. The van der Waals surface area contributed by atoms with E-state index in [1.165, 1.54) is 11.0 Å². The molecule has 0 bridgehead atoms. The lowest BCUT2D eigenvalue weighted by atomic mass is 10.0. The summed E-state index contributed by atoms with van der Waals surface area (Å²) < 4.78 is 21.1. The van der Waals surface area contributed by atoms with E-state index >= 15 is 0 Å². The van der Waals surface area contributed by atoms with Gasteiger partial charge in [-0.3, -0.25) is 9.59 Å². The summed E-state index contributed by atoms with van der Waals surface area (Å²) in [6, 6.07) is 19.8. The monoisotopic (exact) mass is 574 g/mol. The molecule has 3 aromatic rings. The van der Waals surface area contributed by atoms with Gasteiger partial charge in [0.2, 0.25) is 5.91 Å². The summed E-state index contributed by atoms with van der Waals surface area (Å²) >= 11 is 9.58. The molecule has 0 aromatic heterocycles. The lowest BCUT2D eigenvalue weighted by Gasteiger charge is -2.32. The van der Waals surface area contributed by atoms with Crippen molar-refractivity contribution in [3.63, 3.8) is 0 Å². The second-order valence-electron chi connectivity index (χ2n) is 8.50. The summed E-state index contributed by atoms with van der Waals surface area (Å²) in [4.78, 5) is 28.4. The van der Waals surface area contributed by atoms with E-state index < -0.39 is 17.8 Å². The van der Waals surface area contributed by atoms with Crippen molar-refractivity contribution in [3.05, 3.63) is 99.2 Å². The Morgan fingerprint density at radius 3 is 2.44 bits per heavy atom. The maximum Gasteiger partial charge on any atom is 0.261 e. The zero-order chi connectivity index (χ0) is 26.1. The van der Waals surface area contributed by atoms with Gasteiger partial charge in [-0.2, -0.15) is 0 Å². The van der Waals surface area contributed by atoms with Crippen molar-refractivity contribution in [2.45, 2.75) is 45.3 Å². The largest absolute Gasteiger partial charge is 0.482 e. The van der Waals surface area contributed by atoms with E-state index in [9.17, 15) is 14.0 Å². The van der Waals surface area contributed by atoms with Gasteiger partial charge in [0.15, 0.2) is 6.61 Å². The Kier molecular flexibility index (Phi) is 10.3. The molecule has 0 aliphatic carbocycles. The van der Waals surface area contributed by atoms with E-state index in [0.29, 0.717) is 16.3 Å². The normalized spacial score (nSPS) is 12.5. The molecule has 0 aliphatic rings. The molecule has 0 spiro atoms. The van der Waals surface area contributed by atoms with Crippen molar-refractivity contribution in [2.24, 2.45) is 0 Å². The average Bonchev–Trinajstić information content (AvgIpc) is 2.87. The average molecular weight is 576 g/mol. The van der Waals surface area contributed by atoms with Crippen LogP contribution in [0.3, 0.4) is 0 Å². The van der Waals surface area contributed by atoms with Crippen LogP contribution in [0.25, 0.3) is 0 Å². The Morgan fingerprint density at radius 1 is 1.08 bits per heavy atom. The molecular weight excluding hydrogens is 547 g/mol. The Balaban J connectivity index is 1.93. The molecule has 0 unspecified atom stereocenters. The summed E-state index contributed by atoms with van der Waals surface area (Å²) in [5.41, 5.74) is 1.19. The van der Waals surface area contributed by atoms with Crippen molar-refractivity contribution in [1.82, 2.24) is 10.2 Å². The smallest absolute Gasteiger partial charge is 0.261 e. The van der Waals surface area contributed by atoms with Gasteiger partial charge >= 0.3 is 0 Å². The fraction of sp³-hybridized carbons (Fsp3) is 0.286. The van der Waals surface area contributed by atoms with Crippen LogP contribution in [0.15, 0.2) is 77.3 Å². The van der Waals surface area contributed by atoms with E-state index in [2.05, 4.69) is 21.2 Å². The Labute approximate surface area is 224 Å². The minimum atomic E-state index is -0.877. The Morgan fingerprint density at radius 2 is 1.78 bits per heavy atom. The second kappa shape index (κ2) is 13.4. The van der Waals surface area contributed by atoms with E-state index in [0.717, 1.165) is 16.5 Å². The van der Waals surface area contributed by atoms with Gasteiger partial charge in [0.1, 0.15) is 17.6 Å². The highest BCUT2D eigenvalue weighted by Gasteiger charge is 2.31. The molecule has 190 valence electrons. The molecule has 0 aliphatic heterocycles. The SMILES string of the molecule is CC[C@@H](C)NC(=O)[C@@H](Cc1ccccc1)N(Cc1ccccc1F)C(=O)COc1ccc(Br)cc1Cl. The van der Waals surface area contributed by atoms with Gasteiger partial charge in [0, 0.05) is 29.0 Å². The van der Waals surface area contributed by atoms with Crippen LogP contribution in [0, 0.1) is 5.82 Å².